The molecule has 0 radical (unpaired) electrons. The van der Waals surface area contributed by atoms with Crippen LogP contribution in [0.4, 0.5) is 0 Å². The molecular formula is C19H22N2O5S. The maximum Gasteiger partial charge on any atom is 0.305 e. The first kappa shape index (κ1) is 20.6. The summed E-state index contributed by atoms with van der Waals surface area (Å²) in [5, 5.41) is 11.6. The predicted octanol–water partition coefficient (Wildman–Crippen LogP) is 1.48. The minimum Gasteiger partial charge on any atom is -0.481 e. The molecule has 0 saturated heterocycles. The molecule has 0 heterocycles. The molecule has 1 atom stereocenters. The van der Waals surface area contributed by atoms with Gasteiger partial charge in [-0.15, -0.1) is 0 Å². The zero-order valence-electron chi connectivity index (χ0n) is 14.9. The Hall–Kier alpha value is -2.71. The Morgan fingerprint density at radius 3 is 2.26 bits per heavy atom. The highest BCUT2D eigenvalue weighted by Gasteiger charge is 2.27. The molecule has 3 N–H and O–H groups in total. The summed E-state index contributed by atoms with van der Waals surface area (Å²) in [6.45, 7) is 2.09. The summed E-state index contributed by atoms with van der Waals surface area (Å²) in [6, 6.07) is 14.1. The molecule has 2 aromatic carbocycles. The van der Waals surface area contributed by atoms with Crippen molar-refractivity contribution < 1.29 is 23.1 Å². The summed E-state index contributed by atoms with van der Waals surface area (Å²) >= 11 is 0. The van der Waals surface area contributed by atoms with Crippen LogP contribution >= 0.6 is 0 Å². The van der Waals surface area contributed by atoms with Crippen LogP contribution in [0, 0.1) is 6.92 Å². The van der Waals surface area contributed by atoms with Crippen LogP contribution in [0.15, 0.2) is 59.5 Å². The fourth-order valence-electron chi connectivity index (χ4n) is 2.43. The van der Waals surface area contributed by atoms with Gasteiger partial charge in [0, 0.05) is 6.54 Å². The van der Waals surface area contributed by atoms with Crippen LogP contribution in [-0.2, 0) is 26.0 Å². The lowest BCUT2D eigenvalue weighted by Gasteiger charge is -2.17. The molecule has 0 unspecified atom stereocenters. The number of rotatable bonds is 9. The van der Waals surface area contributed by atoms with E-state index in [4.69, 9.17) is 5.11 Å². The number of hydrogen-bond acceptors (Lipinski definition) is 4. The van der Waals surface area contributed by atoms with Crippen molar-refractivity contribution in [1.29, 1.82) is 0 Å². The van der Waals surface area contributed by atoms with Gasteiger partial charge in [-0.2, -0.15) is 4.72 Å². The lowest BCUT2D eigenvalue weighted by molar-refractivity contribution is -0.139. The van der Waals surface area contributed by atoms with Crippen molar-refractivity contribution in [2.45, 2.75) is 30.7 Å². The van der Waals surface area contributed by atoms with Crippen LogP contribution in [-0.4, -0.2) is 38.0 Å². The lowest BCUT2D eigenvalue weighted by Crippen LogP contribution is -2.48. The molecular weight excluding hydrogens is 368 g/mol. The average Bonchev–Trinajstić information content (AvgIpc) is 2.62. The van der Waals surface area contributed by atoms with E-state index in [1.54, 1.807) is 12.1 Å². The number of nitrogens with one attached hydrogen (secondary N) is 2. The molecule has 2 rings (SSSR count). The summed E-state index contributed by atoms with van der Waals surface area (Å²) in [5.41, 5.74) is 1.89. The standard InChI is InChI=1S/C19H22N2O5S/c1-14-7-9-16(10-8-14)27(25,26)21-17(13-18(22)23)19(24)20-12-11-15-5-3-2-4-6-15/h2-10,17,21H,11-13H2,1H3,(H,20,24)(H,22,23)/t17-/m0/s1. The number of carboxylic acids is 1. The van der Waals surface area contributed by atoms with Crippen LogP contribution in [0.5, 0.6) is 0 Å². The number of carbonyl (C=O) groups is 2. The average molecular weight is 390 g/mol. The number of aliphatic carboxylic acids is 1. The van der Waals surface area contributed by atoms with Gasteiger partial charge in [0.1, 0.15) is 6.04 Å². The van der Waals surface area contributed by atoms with Crippen molar-refractivity contribution in [1.82, 2.24) is 10.0 Å². The predicted molar refractivity (Wildman–Crippen MR) is 101 cm³/mol. The molecule has 0 saturated carbocycles. The zero-order chi connectivity index (χ0) is 19.9. The Kier molecular flexibility index (Phi) is 7.09. The van der Waals surface area contributed by atoms with Gasteiger partial charge in [0.05, 0.1) is 11.3 Å². The quantitative estimate of drug-likeness (QED) is 0.600. The van der Waals surface area contributed by atoms with Crippen LogP contribution in [0.3, 0.4) is 0 Å². The van der Waals surface area contributed by atoms with Gasteiger partial charge in [-0.1, -0.05) is 48.0 Å². The Morgan fingerprint density at radius 1 is 1.04 bits per heavy atom. The molecule has 7 nitrogen and oxygen atoms in total. The third kappa shape index (κ3) is 6.50. The topological polar surface area (TPSA) is 113 Å². The van der Waals surface area contributed by atoms with Crippen LogP contribution in [0.1, 0.15) is 17.5 Å². The number of aryl methyl sites for hydroxylation is 1. The Bertz CT molecular complexity index is 880. The molecule has 8 heteroatoms. The minimum atomic E-state index is -4.02. The monoisotopic (exact) mass is 390 g/mol. The largest absolute Gasteiger partial charge is 0.481 e. The van der Waals surface area contributed by atoms with Gasteiger partial charge in [-0.3, -0.25) is 9.59 Å². The number of amides is 1. The van der Waals surface area contributed by atoms with E-state index in [1.165, 1.54) is 12.1 Å². The molecule has 1 amide bonds. The maximum atomic E-state index is 12.5. The highest BCUT2D eigenvalue weighted by molar-refractivity contribution is 7.89. The molecule has 0 fully saturated rings. The molecule has 0 aliphatic rings. The highest BCUT2D eigenvalue weighted by atomic mass is 32.2. The van der Waals surface area contributed by atoms with Crippen molar-refractivity contribution in [2.24, 2.45) is 0 Å². The third-order valence-corrected chi connectivity index (χ3v) is 5.37. The van der Waals surface area contributed by atoms with Crippen molar-refractivity contribution in [3.05, 3.63) is 65.7 Å². The molecule has 144 valence electrons. The summed E-state index contributed by atoms with van der Waals surface area (Å²) in [6.07, 6.45) is -0.0979. The van der Waals surface area contributed by atoms with E-state index >= 15 is 0 Å². The SMILES string of the molecule is Cc1ccc(S(=O)(=O)N[C@@H](CC(=O)O)C(=O)NCCc2ccccc2)cc1. The number of carboxylic acid groups (broad SMARTS) is 1. The summed E-state index contributed by atoms with van der Waals surface area (Å²) in [7, 11) is -4.02. The number of hydrogen-bond donors (Lipinski definition) is 3. The normalized spacial score (nSPS) is 12.3. The molecule has 0 spiro atoms. The van der Waals surface area contributed by atoms with E-state index in [1.807, 2.05) is 37.3 Å². The first-order valence-electron chi connectivity index (χ1n) is 8.40. The summed E-state index contributed by atoms with van der Waals surface area (Å²) < 4.78 is 27.1. The molecule has 0 aliphatic heterocycles. The molecule has 2 aromatic rings. The second-order valence-electron chi connectivity index (χ2n) is 6.11. The van der Waals surface area contributed by atoms with Gasteiger partial charge in [-0.05, 0) is 31.0 Å². The van der Waals surface area contributed by atoms with Gasteiger partial charge in [0.15, 0.2) is 0 Å². The van der Waals surface area contributed by atoms with Gasteiger partial charge < -0.3 is 10.4 Å². The Balaban J connectivity index is 2.03. The van der Waals surface area contributed by atoms with Crippen LogP contribution in [0.25, 0.3) is 0 Å². The van der Waals surface area contributed by atoms with E-state index in [-0.39, 0.29) is 11.4 Å². The van der Waals surface area contributed by atoms with Crippen molar-refractivity contribution in [2.75, 3.05) is 6.54 Å². The van der Waals surface area contributed by atoms with Gasteiger partial charge >= 0.3 is 5.97 Å². The van der Waals surface area contributed by atoms with Gasteiger partial charge in [0.2, 0.25) is 15.9 Å². The molecule has 0 aromatic heterocycles. The summed E-state index contributed by atoms with van der Waals surface area (Å²) in [5.74, 6) is -1.95. The first-order chi connectivity index (χ1) is 12.8. The zero-order valence-corrected chi connectivity index (χ0v) is 15.7. The molecule has 0 aliphatic carbocycles. The van der Waals surface area contributed by atoms with Crippen molar-refractivity contribution >= 4 is 21.9 Å². The number of carbonyl (C=O) groups excluding carboxylic acids is 1. The van der Waals surface area contributed by atoms with E-state index in [0.29, 0.717) is 6.42 Å². The van der Waals surface area contributed by atoms with Gasteiger partial charge in [-0.25, -0.2) is 8.42 Å². The maximum absolute atomic E-state index is 12.5. The molecule has 27 heavy (non-hydrogen) atoms. The van der Waals surface area contributed by atoms with Gasteiger partial charge in [0.25, 0.3) is 0 Å². The van der Waals surface area contributed by atoms with E-state index in [9.17, 15) is 18.0 Å². The second kappa shape index (κ2) is 9.29. The third-order valence-electron chi connectivity index (χ3n) is 3.88. The highest BCUT2D eigenvalue weighted by Crippen LogP contribution is 2.11. The fourth-order valence-corrected chi connectivity index (χ4v) is 3.63. The fraction of sp³-hybridized carbons (Fsp3) is 0.263. The Morgan fingerprint density at radius 2 is 1.67 bits per heavy atom. The van der Waals surface area contributed by atoms with Crippen LogP contribution < -0.4 is 10.0 Å². The first-order valence-corrected chi connectivity index (χ1v) is 9.88. The minimum absolute atomic E-state index is 0.0272. The number of benzene rings is 2. The molecule has 0 bridgehead atoms. The Labute approximate surface area is 158 Å². The number of sulfonamides is 1. The second-order valence-corrected chi connectivity index (χ2v) is 7.83. The van der Waals surface area contributed by atoms with E-state index in [2.05, 4.69) is 10.0 Å². The van der Waals surface area contributed by atoms with Crippen molar-refractivity contribution in [3.63, 3.8) is 0 Å². The van der Waals surface area contributed by atoms with Crippen molar-refractivity contribution in [3.8, 4) is 0 Å². The summed E-state index contributed by atoms with van der Waals surface area (Å²) in [4.78, 5) is 23.4. The van der Waals surface area contributed by atoms with E-state index in [0.717, 1.165) is 11.1 Å². The van der Waals surface area contributed by atoms with Crippen LogP contribution in [0.2, 0.25) is 0 Å². The lowest BCUT2D eigenvalue weighted by atomic mass is 10.1. The van der Waals surface area contributed by atoms with E-state index < -0.39 is 34.4 Å². The smallest absolute Gasteiger partial charge is 0.305 e.